The lowest BCUT2D eigenvalue weighted by Gasteiger charge is -2.14. The van der Waals surface area contributed by atoms with Crippen LogP contribution in [0.15, 0.2) is 56.8 Å². The highest BCUT2D eigenvalue weighted by atomic mass is 32.2. The Hall–Kier alpha value is -6.01. The number of sulfone groups is 4. The Kier molecular flexibility index (Phi) is 12.8. The van der Waals surface area contributed by atoms with Gasteiger partial charge < -0.3 is 33.4 Å². The first-order valence-electron chi connectivity index (χ1n) is 16.4. The molecule has 26 nitrogen and oxygen atoms in total. The standard InChI is InChI=1S/C29H32N10O16S4/c1-56(44,45)26-36-32-21(52-26)10-16(23-34-38-28(54-23)58(3,48)49)8-19(40)30-12-14-5-15(7-18(6-14)25(42)43)13-31-20(41)9-17(24-35-39-29(55-24)59(4,50)51)11-22-33-37-27(53-22)57(2,46)47/h5-7,16-17H,8-13H2,1-4H3,(H,30,40)(H,31,41)(H,42,43). The Bertz CT molecular complexity index is 2660. The van der Waals surface area contributed by atoms with E-state index in [1.165, 1.54) is 18.2 Å². The van der Waals surface area contributed by atoms with E-state index in [4.69, 9.17) is 17.7 Å². The normalized spacial score (nSPS) is 13.5. The van der Waals surface area contributed by atoms with Gasteiger partial charge in [-0.05, 0) is 23.3 Å². The Morgan fingerprint density at radius 3 is 1.19 bits per heavy atom. The highest BCUT2D eigenvalue weighted by Crippen LogP contribution is 2.27. The van der Waals surface area contributed by atoms with Gasteiger partial charge in [0.05, 0.1) is 17.4 Å². The number of hydrogen-bond acceptors (Lipinski definition) is 23. The largest absolute Gasteiger partial charge is 0.478 e. The van der Waals surface area contributed by atoms with E-state index in [0.29, 0.717) is 0 Å². The van der Waals surface area contributed by atoms with Crippen molar-refractivity contribution >= 4 is 57.1 Å². The van der Waals surface area contributed by atoms with Gasteiger partial charge in [0.1, 0.15) is 0 Å². The van der Waals surface area contributed by atoms with Crippen molar-refractivity contribution in [2.24, 2.45) is 0 Å². The summed E-state index contributed by atoms with van der Waals surface area (Å²) in [4.78, 5) is 38.4. The lowest BCUT2D eigenvalue weighted by atomic mass is 10.00. The first kappa shape index (κ1) is 44.1. The molecule has 0 aliphatic heterocycles. The summed E-state index contributed by atoms with van der Waals surface area (Å²) in [6, 6.07) is 3.99. The molecule has 0 aliphatic carbocycles. The van der Waals surface area contributed by atoms with Gasteiger partial charge in [-0.15, -0.1) is 20.4 Å². The highest BCUT2D eigenvalue weighted by Gasteiger charge is 2.30. The van der Waals surface area contributed by atoms with Crippen molar-refractivity contribution in [3.05, 3.63) is 58.5 Å². The number of benzene rings is 1. The van der Waals surface area contributed by atoms with Gasteiger partial charge in [-0.2, -0.15) is 0 Å². The molecule has 30 heteroatoms. The molecule has 5 aromatic rings. The van der Waals surface area contributed by atoms with Gasteiger partial charge in [0.15, 0.2) is 0 Å². The average molecular weight is 905 g/mol. The van der Waals surface area contributed by atoms with Crippen LogP contribution in [0.1, 0.15) is 69.7 Å². The summed E-state index contributed by atoms with van der Waals surface area (Å²) in [5.74, 6) is -6.07. The van der Waals surface area contributed by atoms with E-state index in [-0.39, 0.29) is 66.2 Å². The zero-order valence-corrected chi connectivity index (χ0v) is 34.2. The highest BCUT2D eigenvalue weighted by molar-refractivity contribution is 7.91. The molecule has 2 atom stereocenters. The van der Waals surface area contributed by atoms with E-state index in [9.17, 15) is 53.2 Å². The van der Waals surface area contributed by atoms with Crippen molar-refractivity contribution in [3.63, 3.8) is 0 Å². The summed E-state index contributed by atoms with van der Waals surface area (Å²) < 4.78 is 116. The van der Waals surface area contributed by atoms with Gasteiger partial charge in [-0.25, -0.2) is 38.5 Å². The Morgan fingerprint density at radius 1 is 0.542 bits per heavy atom. The fourth-order valence-corrected chi connectivity index (χ4v) is 6.74. The van der Waals surface area contributed by atoms with Crippen molar-refractivity contribution < 1.29 is 70.8 Å². The van der Waals surface area contributed by atoms with Crippen LogP contribution in [0.2, 0.25) is 0 Å². The molecular weight excluding hydrogens is 873 g/mol. The monoisotopic (exact) mass is 904 g/mol. The number of carbonyl (C=O) groups excluding carboxylic acids is 2. The number of carboxylic acid groups (broad SMARTS) is 1. The average Bonchev–Trinajstić information content (AvgIpc) is 3.95. The molecule has 0 bridgehead atoms. The molecule has 0 saturated carbocycles. The molecule has 1 aromatic carbocycles. The summed E-state index contributed by atoms with van der Waals surface area (Å²) in [7, 11) is -15.7. The zero-order chi connectivity index (χ0) is 43.5. The minimum atomic E-state index is -3.95. The minimum absolute atomic E-state index is 0.216. The number of aromatic nitrogens is 8. The molecule has 318 valence electrons. The van der Waals surface area contributed by atoms with E-state index in [1.807, 2.05) is 0 Å². The third-order valence-electron chi connectivity index (χ3n) is 7.69. The van der Waals surface area contributed by atoms with Gasteiger partial charge in [0.2, 0.25) is 74.7 Å². The smallest absolute Gasteiger partial charge is 0.335 e. The topological polar surface area (TPSA) is 388 Å². The Labute approximate surface area is 333 Å². The minimum Gasteiger partial charge on any atom is -0.478 e. The number of nitrogens with one attached hydrogen (secondary N) is 2. The van der Waals surface area contributed by atoms with E-state index < -0.39 is 103 Å². The lowest BCUT2D eigenvalue weighted by molar-refractivity contribution is -0.122. The third-order valence-corrected chi connectivity index (χ3v) is 10.9. The van der Waals surface area contributed by atoms with Crippen molar-refractivity contribution in [2.45, 2.75) is 71.5 Å². The molecule has 2 unspecified atom stereocenters. The van der Waals surface area contributed by atoms with Crippen LogP contribution in [0, 0.1) is 0 Å². The maximum absolute atomic E-state index is 13.2. The fourth-order valence-electron chi connectivity index (χ4n) is 5.01. The predicted molar refractivity (Wildman–Crippen MR) is 189 cm³/mol. The molecule has 0 fully saturated rings. The summed E-state index contributed by atoms with van der Waals surface area (Å²) in [5, 5.41) is 40.6. The maximum Gasteiger partial charge on any atom is 0.335 e. The van der Waals surface area contributed by atoms with Gasteiger partial charge in [0, 0.05) is 63.8 Å². The third kappa shape index (κ3) is 12.0. The molecule has 4 aromatic heterocycles. The van der Waals surface area contributed by atoms with Crippen LogP contribution >= 0.6 is 0 Å². The number of nitrogens with zero attached hydrogens (tertiary/aromatic N) is 8. The first-order valence-corrected chi connectivity index (χ1v) is 23.9. The number of amides is 2. The molecule has 0 aliphatic rings. The van der Waals surface area contributed by atoms with Gasteiger partial charge >= 0.3 is 26.9 Å². The number of aromatic carboxylic acids is 1. The van der Waals surface area contributed by atoms with Gasteiger partial charge in [-0.1, -0.05) is 26.5 Å². The summed E-state index contributed by atoms with van der Waals surface area (Å²) >= 11 is 0. The van der Waals surface area contributed by atoms with Crippen molar-refractivity contribution in [1.29, 1.82) is 0 Å². The zero-order valence-electron chi connectivity index (χ0n) is 30.9. The molecule has 0 radical (unpaired) electrons. The van der Waals surface area contributed by atoms with Crippen molar-refractivity contribution in [1.82, 2.24) is 51.4 Å². The van der Waals surface area contributed by atoms with Crippen LogP contribution in [0.5, 0.6) is 0 Å². The second-order valence-corrected chi connectivity index (χ2v) is 20.5. The lowest BCUT2D eigenvalue weighted by Crippen LogP contribution is -2.27. The molecular formula is C29H32N10O16S4. The number of rotatable bonds is 19. The van der Waals surface area contributed by atoms with Crippen molar-refractivity contribution in [3.8, 4) is 0 Å². The summed E-state index contributed by atoms with van der Waals surface area (Å²) in [6.07, 6.45) is 1.70. The first-order chi connectivity index (χ1) is 27.3. The number of carbonyl (C=O) groups is 3. The quantitative estimate of drug-likeness (QED) is 0.0857. The molecule has 0 spiro atoms. The molecule has 5 rings (SSSR count). The van der Waals surface area contributed by atoms with E-state index >= 15 is 0 Å². The van der Waals surface area contributed by atoms with E-state index in [1.54, 1.807) is 0 Å². The number of hydrogen-bond donors (Lipinski definition) is 3. The molecule has 3 N–H and O–H groups in total. The maximum atomic E-state index is 13.2. The van der Waals surface area contributed by atoms with Crippen LogP contribution in [-0.2, 0) is 74.9 Å². The Morgan fingerprint density at radius 2 is 0.881 bits per heavy atom. The molecule has 0 saturated heterocycles. The predicted octanol–water partition coefficient (Wildman–Crippen LogP) is -1.40. The second kappa shape index (κ2) is 17.1. The van der Waals surface area contributed by atoms with E-state index in [2.05, 4.69) is 51.4 Å². The fraction of sp³-hybridized carbons (Fsp3) is 0.414. The molecule has 2 amide bonds. The van der Waals surface area contributed by atoms with Crippen LogP contribution in [0.3, 0.4) is 0 Å². The van der Waals surface area contributed by atoms with Gasteiger partial charge in [0.25, 0.3) is 0 Å². The van der Waals surface area contributed by atoms with Crippen molar-refractivity contribution in [2.75, 3.05) is 25.0 Å². The van der Waals surface area contributed by atoms with Crippen LogP contribution < -0.4 is 10.6 Å². The van der Waals surface area contributed by atoms with Crippen LogP contribution in [-0.4, -0.2) is 122 Å². The van der Waals surface area contributed by atoms with E-state index in [0.717, 1.165) is 25.0 Å². The van der Waals surface area contributed by atoms with Gasteiger partial charge in [-0.3, -0.25) is 9.59 Å². The van der Waals surface area contributed by atoms with Crippen LogP contribution in [0.25, 0.3) is 0 Å². The second-order valence-electron chi connectivity index (χ2n) is 12.9. The SMILES string of the molecule is CS(=O)(=O)c1nnc(CC(CC(=O)NCc2cc(CNC(=O)CC(Cc3nnc(S(C)(=O)=O)o3)c3nnc(S(C)(=O)=O)o3)cc(C(=O)O)c2)c2nnc(S(C)(=O)=O)o2)o1. The summed E-state index contributed by atoms with van der Waals surface area (Å²) in [6.45, 7) is -0.515. The molecule has 4 heterocycles. The van der Waals surface area contributed by atoms with Crippen LogP contribution in [0.4, 0.5) is 0 Å². The Balaban J connectivity index is 1.28. The number of carboxylic acids is 1. The summed E-state index contributed by atoms with van der Waals surface area (Å²) in [5.41, 5.74) is 0.313. The molecule has 59 heavy (non-hydrogen) atoms.